The zero-order valence-corrected chi connectivity index (χ0v) is 18.0. The molecule has 0 aromatic heterocycles. The van der Waals surface area contributed by atoms with Crippen molar-refractivity contribution in [3.05, 3.63) is 63.6 Å². The van der Waals surface area contributed by atoms with Gasteiger partial charge in [-0.05, 0) is 29.7 Å². The molecule has 1 N–H and O–H groups in total. The molecule has 2 aromatic rings. The molecule has 0 fully saturated rings. The van der Waals surface area contributed by atoms with Crippen LogP contribution in [0.25, 0.3) is 0 Å². The van der Waals surface area contributed by atoms with Gasteiger partial charge >= 0.3 is 5.97 Å². The SMILES string of the molecule is COC(=O)CN1C(=O)[C@](O)(CC(=O)c2ccc(C(C)C)cc2)c2cc(Br)ccc21. The molecule has 0 radical (unpaired) electrons. The molecule has 0 aliphatic carbocycles. The van der Waals surface area contributed by atoms with Gasteiger partial charge in [-0.3, -0.25) is 19.3 Å². The number of rotatable bonds is 6. The molecule has 1 aliphatic rings. The molecule has 7 heteroatoms. The Kier molecular flexibility index (Phi) is 5.91. The summed E-state index contributed by atoms with van der Waals surface area (Å²) < 4.78 is 5.31. The second-order valence-corrected chi connectivity index (χ2v) is 8.28. The average Bonchev–Trinajstić information content (AvgIpc) is 2.89. The van der Waals surface area contributed by atoms with Crippen LogP contribution in [0.4, 0.5) is 5.69 Å². The first-order valence-corrected chi connectivity index (χ1v) is 10.0. The van der Waals surface area contributed by atoms with E-state index in [1.54, 1.807) is 30.3 Å². The van der Waals surface area contributed by atoms with Crippen LogP contribution in [-0.2, 0) is 19.9 Å². The van der Waals surface area contributed by atoms with Gasteiger partial charge in [0.2, 0.25) is 0 Å². The second kappa shape index (κ2) is 8.08. The molecule has 29 heavy (non-hydrogen) atoms. The number of ketones is 1. The maximum absolute atomic E-state index is 13.1. The molecule has 0 bridgehead atoms. The highest BCUT2D eigenvalue weighted by Gasteiger charge is 2.51. The Morgan fingerprint density at radius 1 is 1.17 bits per heavy atom. The van der Waals surface area contributed by atoms with E-state index in [0.717, 1.165) is 10.5 Å². The Hall–Kier alpha value is -2.51. The van der Waals surface area contributed by atoms with E-state index in [-0.39, 0.29) is 17.9 Å². The molecule has 0 saturated heterocycles. The number of hydrogen-bond donors (Lipinski definition) is 1. The Morgan fingerprint density at radius 3 is 2.41 bits per heavy atom. The summed E-state index contributed by atoms with van der Waals surface area (Å²) in [6.45, 7) is 3.77. The summed E-state index contributed by atoms with van der Waals surface area (Å²) in [4.78, 5) is 38.8. The fourth-order valence-electron chi connectivity index (χ4n) is 3.43. The van der Waals surface area contributed by atoms with Gasteiger partial charge in [0, 0.05) is 15.6 Å². The summed E-state index contributed by atoms with van der Waals surface area (Å²) in [6, 6.07) is 12.1. The summed E-state index contributed by atoms with van der Waals surface area (Å²) in [5, 5.41) is 11.3. The van der Waals surface area contributed by atoms with E-state index >= 15 is 0 Å². The van der Waals surface area contributed by atoms with Crippen LogP contribution in [0.5, 0.6) is 0 Å². The van der Waals surface area contributed by atoms with Crippen molar-refractivity contribution < 1.29 is 24.2 Å². The smallest absolute Gasteiger partial charge is 0.325 e. The van der Waals surface area contributed by atoms with Crippen molar-refractivity contribution in [2.45, 2.75) is 31.8 Å². The van der Waals surface area contributed by atoms with Gasteiger partial charge in [0.25, 0.3) is 5.91 Å². The van der Waals surface area contributed by atoms with Gasteiger partial charge in [-0.1, -0.05) is 54.0 Å². The molecular weight excluding hydrogens is 438 g/mol. The minimum absolute atomic E-state index is 0.285. The van der Waals surface area contributed by atoms with Gasteiger partial charge in [0.15, 0.2) is 11.4 Å². The fourth-order valence-corrected chi connectivity index (χ4v) is 3.79. The number of methoxy groups -OCH3 is 1. The summed E-state index contributed by atoms with van der Waals surface area (Å²) in [6.07, 6.45) is -0.423. The van der Waals surface area contributed by atoms with E-state index in [0.29, 0.717) is 21.6 Å². The molecule has 1 aliphatic heterocycles. The zero-order valence-electron chi connectivity index (χ0n) is 16.4. The third kappa shape index (κ3) is 3.97. The third-order valence-corrected chi connectivity index (χ3v) is 5.62. The first kappa shape index (κ1) is 21.2. The normalized spacial score (nSPS) is 18.1. The third-order valence-electron chi connectivity index (χ3n) is 5.12. The number of nitrogens with zero attached hydrogens (tertiary/aromatic N) is 1. The Bertz CT molecular complexity index is 970. The number of amides is 1. The molecule has 2 aromatic carbocycles. The fraction of sp³-hybridized carbons (Fsp3) is 0.318. The Labute approximate surface area is 177 Å². The molecule has 1 heterocycles. The minimum atomic E-state index is -2.05. The van der Waals surface area contributed by atoms with Crippen molar-refractivity contribution in [1.82, 2.24) is 0 Å². The van der Waals surface area contributed by atoms with E-state index in [1.165, 1.54) is 7.11 Å². The molecule has 1 atom stereocenters. The van der Waals surface area contributed by atoms with Gasteiger partial charge in [0.1, 0.15) is 6.54 Å². The predicted molar refractivity (Wildman–Crippen MR) is 112 cm³/mol. The number of aliphatic hydroxyl groups is 1. The van der Waals surface area contributed by atoms with E-state index in [2.05, 4.69) is 34.5 Å². The molecule has 3 rings (SSSR count). The summed E-state index contributed by atoms with van der Waals surface area (Å²) in [5.74, 6) is -1.37. The largest absolute Gasteiger partial charge is 0.468 e. The van der Waals surface area contributed by atoms with Crippen molar-refractivity contribution in [2.24, 2.45) is 0 Å². The number of ether oxygens (including phenoxy) is 1. The molecule has 0 spiro atoms. The van der Waals surface area contributed by atoms with Crippen LogP contribution in [0, 0.1) is 0 Å². The predicted octanol–water partition coefficient (Wildman–Crippen LogP) is 3.55. The van der Waals surface area contributed by atoms with Crippen LogP contribution < -0.4 is 4.90 Å². The highest BCUT2D eigenvalue weighted by Crippen LogP contribution is 2.44. The van der Waals surface area contributed by atoms with E-state index in [1.807, 2.05) is 12.1 Å². The van der Waals surface area contributed by atoms with E-state index in [9.17, 15) is 19.5 Å². The summed E-state index contributed by atoms with van der Waals surface area (Å²) in [7, 11) is 1.22. The zero-order chi connectivity index (χ0) is 21.3. The van der Waals surface area contributed by atoms with Crippen molar-refractivity contribution in [1.29, 1.82) is 0 Å². The number of hydrogen-bond acceptors (Lipinski definition) is 5. The Morgan fingerprint density at radius 2 is 1.83 bits per heavy atom. The number of esters is 1. The van der Waals surface area contributed by atoms with Gasteiger partial charge < -0.3 is 9.84 Å². The molecule has 0 saturated carbocycles. The van der Waals surface area contributed by atoms with Crippen LogP contribution >= 0.6 is 15.9 Å². The van der Waals surface area contributed by atoms with Gasteiger partial charge in [-0.15, -0.1) is 0 Å². The van der Waals surface area contributed by atoms with E-state index < -0.39 is 23.9 Å². The number of benzene rings is 2. The maximum Gasteiger partial charge on any atom is 0.325 e. The summed E-state index contributed by atoms with van der Waals surface area (Å²) >= 11 is 3.34. The average molecular weight is 460 g/mol. The van der Waals surface area contributed by atoms with Gasteiger partial charge in [-0.25, -0.2) is 0 Å². The van der Waals surface area contributed by atoms with Crippen molar-refractivity contribution in [2.75, 3.05) is 18.6 Å². The number of halogens is 1. The lowest BCUT2D eigenvalue weighted by molar-refractivity contribution is -0.142. The molecule has 6 nitrogen and oxygen atoms in total. The number of anilines is 1. The lowest BCUT2D eigenvalue weighted by atomic mass is 9.87. The highest BCUT2D eigenvalue weighted by molar-refractivity contribution is 9.10. The quantitative estimate of drug-likeness (QED) is 0.527. The standard InChI is InChI=1S/C22H22BrNO5/c1-13(2)14-4-6-15(7-5-14)19(25)11-22(28)17-10-16(23)8-9-18(17)24(21(22)27)12-20(26)29-3/h4-10,13,28H,11-12H2,1-3H3/t22-/m0/s1. The topological polar surface area (TPSA) is 83.9 Å². The lowest BCUT2D eigenvalue weighted by Gasteiger charge is -2.22. The number of carbonyl (C=O) groups is 3. The molecular formula is C22H22BrNO5. The number of Topliss-reactive ketones (excluding diaryl/α,β-unsaturated/α-hetero) is 1. The number of carbonyl (C=O) groups excluding carboxylic acids is 3. The van der Waals surface area contributed by atoms with Crippen LogP contribution in [0.3, 0.4) is 0 Å². The Balaban J connectivity index is 1.95. The van der Waals surface area contributed by atoms with Crippen molar-refractivity contribution in [3.63, 3.8) is 0 Å². The van der Waals surface area contributed by atoms with Crippen LogP contribution in [0.1, 0.15) is 47.7 Å². The van der Waals surface area contributed by atoms with Crippen molar-refractivity contribution in [3.8, 4) is 0 Å². The molecule has 1 amide bonds. The minimum Gasteiger partial charge on any atom is -0.468 e. The van der Waals surface area contributed by atoms with E-state index in [4.69, 9.17) is 0 Å². The monoisotopic (exact) mass is 459 g/mol. The van der Waals surface area contributed by atoms with Crippen molar-refractivity contribution >= 4 is 39.3 Å². The number of fused-ring (bicyclic) bond motifs is 1. The molecule has 152 valence electrons. The first-order valence-electron chi connectivity index (χ1n) is 9.21. The van der Waals surface area contributed by atoms with Crippen LogP contribution in [-0.4, -0.2) is 36.4 Å². The van der Waals surface area contributed by atoms with Gasteiger partial charge in [0.05, 0.1) is 19.2 Å². The summed E-state index contributed by atoms with van der Waals surface area (Å²) in [5.41, 5.74) is 0.123. The molecule has 0 unspecified atom stereocenters. The van der Waals surface area contributed by atoms with Crippen LogP contribution in [0.15, 0.2) is 46.9 Å². The lowest BCUT2D eigenvalue weighted by Crippen LogP contribution is -2.43. The maximum atomic E-state index is 13.1. The van der Waals surface area contributed by atoms with Crippen LogP contribution in [0.2, 0.25) is 0 Å². The highest BCUT2D eigenvalue weighted by atomic mass is 79.9. The first-order chi connectivity index (χ1) is 13.7. The second-order valence-electron chi connectivity index (χ2n) is 7.37. The van der Waals surface area contributed by atoms with Gasteiger partial charge in [-0.2, -0.15) is 0 Å².